The third-order valence-electron chi connectivity index (χ3n) is 9.84. The molecule has 0 radical (unpaired) electrons. The molecule has 1 saturated carbocycles. The van der Waals surface area contributed by atoms with Crippen LogP contribution in [-0.2, 0) is 18.6 Å². The van der Waals surface area contributed by atoms with Crippen molar-refractivity contribution < 1.29 is 36.0 Å². The first-order valence-electron chi connectivity index (χ1n) is 14.6. The summed E-state index contributed by atoms with van der Waals surface area (Å²) >= 11 is 0. The highest BCUT2D eigenvalue weighted by Crippen LogP contribution is 2.44. The Morgan fingerprint density at radius 3 is 2.56 bits per heavy atom. The summed E-state index contributed by atoms with van der Waals surface area (Å²) in [5.74, 6) is 3.61. The zero-order valence-electron chi connectivity index (χ0n) is 22.6. The van der Waals surface area contributed by atoms with Crippen molar-refractivity contribution in [3.8, 4) is 11.5 Å². The molecule has 2 aromatic carbocycles. The van der Waals surface area contributed by atoms with Crippen LogP contribution in [0.2, 0.25) is 0 Å². The average molecular weight is 551 g/mol. The molecule has 208 valence electrons. The minimum atomic E-state index is -1.11. The highest BCUT2D eigenvalue weighted by Gasteiger charge is 2.48. The number of benzene rings is 2. The van der Waals surface area contributed by atoms with Crippen molar-refractivity contribution >= 4 is 0 Å². The van der Waals surface area contributed by atoms with Gasteiger partial charge in [0.25, 0.3) is 0 Å². The van der Waals surface area contributed by atoms with Crippen LogP contribution < -0.4 is 21.9 Å². The number of rotatable bonds is 7. The summed E-state index contributed by atoms with van der Waals surface area (Å²) in [5, 5.41) is 16.8. The fourth-order valence-electron chi connectivity index (χ4n) is 7.69. The number of aromatic nitrogens is 1. The SMILES string of the molecule is O[C@](c1ccccc1)(c1cc(C[N+]23CCC(CC2)[C@@H](Oc2ccc4c(c2)CCO4)C3)on1)C1CCCCC1.[Cl-]. The molecule has 4 fully saturated rings. The molecule has 39 heavy (non-hydrogen) atoms. The minimum absolute atomic E-state index is 0. The largest absolute Gasteiger partial charge is 1.00 e. The Labute approximate surface area is 237 Å². The Hall–Kier alpha value is -2.54. The van der Waals surface area contributed by atoms with Crippen molar-refractivity contribution in [3.05, 3.63) is 77.2 Å². The van der Waals surface area contributed by atoms with Crippen molar-refractivity contribution in [2.45, 2.75) is 69.6 Å². The van der Waals surface area contributed by atoms with Crippen LogP contribution in [-0.4, -0.2) is 47.1 Å². The van der Waals surface area contributed by atoms with E-state index >= 15 is 0 Å². The molecule has 5 aliphatic rings. The molecule has 0 amide bonds. The molecular weight excluding hydrogens is 512 g/mol. The standard InChI is InChI=1S/C32H39N2O4.ClH/c35-32(25-7-3-1-4-8-25,26-9-5-2-6-10-26)31-20-28(38-33-31)21-34-16-13-23(14-17-34)30(22-34)37-27-11-12-29-24(19-27)15-18-36-29;/h1,3-4,7-8,11-12,19-20,23,26,30,35H,2,5-6,9-10,13-18,21-22H2;1H/q+1;/p-1/t23?,30-,32-,34?;/m0./s1. The molecule has 0 unspecified atom stereocenters. The van der Waals surface area contributed by atoms with Gasteiger partial charge in [-0.1, -0.05) is 54.8 Å². The molecule has 0 spiro atoms. The van der Waals surface area contributed by atoms with Gasteiger partial charge in [0.05, 0.1) is 19.7 Å². The molecule has 2 atom stereocenters. The van der Waals surface area contributed by atoms with Gasteiger partial charge in [-0.25, -0.2) is 0 Å². The van der Waals surface area contributed by atoms with E-state index in [4.69, 9.17) is 14.0 Å². The van der Waals surface area contributed by atoms with E-state index in [1.165, 1.54) is 24.8 Å². The van der Waals surface area contributed by atoms with Gasteiger partial charge in [-0.15, -0.1) is 0 Å². The number of piperidine rings is 3. The molecule has 3 aromatic rings. The smallest absolute Gasteiger partial charge is 0.191 e. The number of ether oxygens (including phenoxy) is 2. The second kappa shape index (κ2) is 10.8. The Balaban J connectivity index is 0.00000277. The Bertz CT molecular complexity index is 1270. The fraction of sp³-hybridized carbons (Fsp3) is 0.531. The lowest BCUT2D eigenvalue weighted by Gasteiger charge is -2.51. The molecule has 2 bridgehead atoms. The maximum atomic E-state index is 12.2. The summed E-state index contributed by atoms with van der Waals surface area (Å²) < 4.78 is 19.3. The van der Waals surface area contributed by atoms with Crippen molar-refractivity contribution in [3.63, 3.8) is 0 Å². The van der Waals surface area contributed by atoms with E-state index in [1.54, 1.807) is 0 Å². The number of nitrogens with zero attached hydrogens (tertiary/aromatic N) is 2. The molecule has 8 rings (SSSR count). The predicted octanol–water partition coefficient (Wildman–Crippen LogP) is 2.62. The molecule has 7 heteroatoms. The first-order valence-corrected chi connectivity index (χ1v) is 14.6. The second-order valence-electron chi connectivity index (χ2n) is 12.1. The van der Waals surface area contributed by atoms with Gasteiger partial charge in [0.15, 0.2) is 11.9 Å². The summed E-state index contributed by atoms with van der Waals surface area (Å²) in [6.07, 6.45) is 9.12. The van der Waals surface area contributed by atoms with E-state index in [0.717, 1.165) is 92.2 Å². The van der Waals surface area contributed by atoms with Crippen LogP contribution in [0.1, 0.15) is 67.5 Å². The van der Waals surface area contributed by atoms with E-state index in [1.807, 2.05) is 36.4 Å². The molecule has 4 aliphatic heterocycles. The van der Waals surface area contributed by atoms with Crippen LogP contribution >= 0.6 is 0 Å². The third kappa shape index (κ3) is 4.96. The van der Waals surface area contributed by atoms with Gasteiger partial charge < -0.3 is 36.0 Å². The lowest BCUT2D eigenvalue weighted by molar-refractivity contribution is -0.959. The summed E-state index contributed by atoms with van der Waals surface area (Å²) in [4.78, 5) is 0. The minimum Gasteiger partial charge on any atom is -1.00 e. The summed E-state index contributed by atoms with van der Waals surface area (Å²) in [6.45, 7) is 4.84. The van der Waals surface area contributed by atoms with Gasteiger partial charge in [-0.2, -0.15) is 0 Å². The number of halogens is 1. The first kappa shape index (κ1) is 26.7. The maximum Gasteiger partial charge on any atom is 0.191 e. The molecule has 6 nitrogen and oxygen atoms in total. The van der Waals surface area contributed by atoms with Gasteiger partial charge >= 0.3 is 0 Å². The number of hydrogen-bond acceptors (Lipinski definition) is 5. The van der Waals surface area contributed by atoms with Crippen molar-refractivity contribution in [1.29, 1.82) is 0 Å². The van der Waals surface area contributed by atoms with E-state index in [0.29, 0.717) is 11.6 Å². The highest BCUT2D eigenvalue weighted by atomic mass is 35.5. The van der Waals surface area contributed by atoms with Gasteiger partial charge in [-0.3, -0.25) is 0 Å². The summed E-state index contributed by atoms with van der Waals surface area (Å²) in [6, 6.07) is 18.4. The Morgan fingerprint density at radius 2 is 1.77 bits per heavy atom. The van der Waals surface area contributed by atoms with Gasteiger partial charge in [0.2, 0.25) is 0 Å². The van der Waals surface area contributed by atoms with Gasteiger partial charge in [0.1, 0.15) is 35.9 Å². The Kier molecular flexibility index (Phi) is 7.38. The number of fused-ring (bicyclic) bond motifs is 4. The lowest BCUT2D eigenvalue weighted by atomic mass is 9.71. The normalized spacial score (nSPS) is 27.7. The van der Waals surface area contributed by atoms with E-state index < -0.39 is 5.60 Å². The zero-order chi connectivity index (χ0) is 25.6. The topological polar surface area (TPSA) is 64.7 Å². The molecule has 1 aliphatic carbocycles. The molecular formula is C32H39ClN2O4. The molecule has 1 N–H and O–H groups in total. The number of quaternary nitrogens is 1. The maximum absolute atomic E-state index is 12.2. The summed E-state index contributed by atoms with van der Waals surface area (Å²) in [7, 11) is 0. The predicted molar refractivity (Wildman–Crippen MR) is 144 cm³/mol. The fourth-order valence-corrected chi connectivity index (χ4v) is 7.69. The van der Waals surface area contributed by atoms with Crippen LogP contribution in [0.25, 0.3) is 0 Å². The molecule has 3 saturated heterocycles. The summed E-state index contributed by atoms with van der Waals surface area (Å²) in [5.41, 5.74) is 1.74. The van der Waals surface area contributed by atoms with Crippen LogP contribution in [0.5, 0.6) is 11.5 Å². The van der Waals surface area contributed by atoms with Crippen molar-refractivity contribution in [2.24, 2.45) is 11.8 Å². The highest BCUT2D eigenvalue weighted by molar-refractivity contribution is 5.42. The van der Waals surface area contributed by atoms with Crippen LogP contribution in [0.15, 0.2) is 59.1 Å². The van der Waals surface area contributed by atoms with Gasteiger partial charge in [-0.05, 0) is 42.5 Å². The zero-order valence-corrected chi connectivity index (χ0v) is 23.3. The average Bonchev–Trinajstić information content (AvgIpc) is 3.64. The van der Waals surface area contributed by atoms with Crippen molar-refractivity contribution in [1.82, 2.24) is 5.16 Å². The third-order valence-corrected chi connectivity index (χ3v) is 9.84. The van der Waals surface area contributed by atoms with Crippen LogP contribution in [0, 0.1) is 11.8 Å². The van der Waals surface area contributed by atoms with Gasteiger partial charge in [0, 0.05) is 36.8 Å². The van der Waals surface area contributed by atoms with E-state index in [9.17, 15) is 5.11 Å². The van der Waals surface area contributed by atoms with E-state index in [2.05, 4.69) is 23.4 Å². The second-order valence-corrected chi connectivity index (χ2v) is 12.1. The van der Waals surface area contributed by atoms with Crippen LogP contribution in [0.3, 0.4) is 0 Å². The molecule has 5 heterocycles. The van der Waals surface area contributed by atoms with Crippen LogP contribution in [0.4, 0.5) is 0 Å². The Morgan fingerprint density at radius 1 is 0.974 bits per heavy atom. The van der Waals surface area contributed by atoms with Crippen molar-refractivity contribution in [2.75, 3.05) is 26.2 Å². The lowest BCUT2D eigenvalue weighted by Crippen LogP contribution is -3.00. The number of aliphatic hydroxyl groups is 1. The monoisotopic (exact) mass is 550 g/mol. The molecule has 1 aromatic heterocycles. The number of hydrogen-bond donors (Lipinski definition) is 1. The van der Waals surface area contributed by atoms with E-state index in [-0.39, 0.29) is 24.4 Å². The quantitative estimate of drug-likeness (QED) is 0.458. The first-order chi connectivity index (χ1) is 18.6.